The molecular weight excluding hydrogens is 362 g/mol. The Morgan fingerprint density at radius 1 is 1.33 bits per heavy atom. The molecule has 1 atom stereocenters. The summed E-state index contributed by atoms with van der Waals surface area (Å²) in [6.45, 7) is 6.01. The number of carbonyl (C=O) groups is 1. The summed E-state index contributed by atoms with van der Waals surface area (Å²) in [5.74, 6) is -0.0846. The molecule has 1 amide bonds. The van der Waals surface area contributed by atoms with Gasteiger partial charge in [-0.15, -0.1) is 11.3 Å². The van der Waals surface area contributed by atoms with E-state index in [1.807, 2.05) is 13.0 Å². The topological polar surface area (TPSA) is 54.9 Å². The minimum Gasteiger partial charge on any atom is -0.325 e. The zero-order valence-electron chi connectivity index (χ0n) is 13.5. The Labute approximate surface area is 153 Å². The molecule has 1 unspecified atom stereocenters. The first-order valence-corrected chi connectivity index (χ1v) is 9.47. The Hall–Kier alpha value is -1.63. The van der Waals surface area contributed by atoms with Gasteiger partial charge >= 0.3 is 0 Å². The van der Waals surface area contributed by atoms with E-state index >= 15 is 0 Å². The standard InChI is InChI=1S/C17H16ClN3OS2/c1-9-10(2)23-16-14(9)17(20-8-19-16)24-11(3)15(22)21-13-6-4-5-12(18)7-13/h4-8,11H,1-3H3,(H,21,22). The van der Waals surface area contributed by atoms with Crippen LogP contribution in [0.25, 0.3) is 10.2 Å². The number of nitrogens with one attached hydrogen (secondary N) is 1. The zero-order chi connectivity index (χ0) is 17.3. The molecule has 2 aromatic heterocycles. The van der Waals surface area contributed by atoms with Crippen LogP contribution in [-0.4, -0.2) is 21.1 Å². The average molecular weight is 378 g/mol. The molecule has 3 aromatic rings. The highest BCUT2D eigenvalue weighted by atomic mass is 35.5. The van der Waals surface area contributed by atoms with E-state index in [4.69, 9.17) is 11.6 Å². The van der Waals surface area contributed by atoms with E-state index in [-0.39, 0.29) is 11.2 Å². The van der Waals surface area contributed by atoms with Gasteiger partial charge in [0.15, 0.2) is 0 Å². The molecule has 0 radical (unpaired) electrons. The summed E-state index contributed by atoms with van der Waals surface area (Å²) in [7, 11) is 0. The van der Waals surface area contributed by atoms with E-state index in [2.05, 4.69) is 29.1 Å². The number of aryl methyl sites for hydroxylation is 2. The van der Waals surface area contributed by atoms with Gasteiger partial charge in [0.2, 0.25) is 5.91 Å². The SMILES string of the molecule is Cc1sc2ncnc(SC(C)C(=O)Nc3cccc(Cl)c3)c2c1C. The number of benzene rings is 1. The van der Waals surface area contributed by atoms with Gasteiger partial charge in [-0.05, 0) is 44.5 Å². The minimum absolute atomic E-state index is 0.0846. The summed E-state index contributed by atoms with van der Waals surface area (Å²) in [5, 5.41) is 5.08. The number of hydrogen-bond donors (Lipinski definition) is 1. The van der Waals surface area contributed by atoms with Gasteiger partial charge in [0, 0.05) is 21.0 Å². The van der Waals surface area contributed by atoms with Crippen LogP contribution in [0.4, 0.5) is 5.69 Å². The molecule has 4 nitrogen and oxygen atoms in total. The maximum atomic E-state index is 12.4. The van der Waals surface area contributed by atoms with Gasteiger partial charge in [0.1, 0.15) is 16.2 Å². The molecule has 2 heterocycles. The number of thioether (sulfide) groups is 1. The number of thiophene rings is 1. The van der Waals surface area contributed by atoms with Crippen LogP contribution in [0.15, 0.2) is 35.6 Å². The van der Waals surface area contributed by atoms with E-state index in [1.54, 1.807) is 35.9 Å². The molecule has 124 valence electrons. The average Bonchev–Trinajstić information content (AvgIpc) is 2.83. The van der Waals surface area contributed by atoms with Crippen LogP contribution in [0, 0.1) is 13.8 Å². The number of halogens is 1. The molecule has 0 bridgehead atoms. The summed E-state index contributed by atoms with van der Waals surface area (Å²) in [5.41, 5.74) is 1.87. The predicted octanol–water partition coefficient (Wildman–Crippen LogP) is 5.08. The van der Waals surface area contributed by atoms with Crippen molar-refractivity contribution < 1.29 is 4.79 Å². The third-order valence-corrected chi connectivity index (χ3v) is 6.13. The Morgan fingerprint density at radius 3 is 2.88 bits per heavy atom. The lowest BCUT2D eigenvalue weighted by atomic mass is 10.2. The highest BCUT2D eigenvalue weighted by Crippen LogP contribution is 2.36. The number of rotatable bonds is 4. The number of carbonyl (C=O) groups excluding carboxylic acids is 1. The van der Waals surface area contributed by atoms with Crippen molar-refractivity contribution in [3.05, 3.63) is 46.1 Å². The highest BCUT2D eigenvalue weighted by molar-refractivity contribution is 8.00. The van der Waals surface area contributed by atoms with Crippen LogP contribution < -0.4 is 5.32 Å². The molecule has 0 spiro atoms. The summed E-state index contributed by atoms with van der Waals surface area (Å²) in [6, 6.07) is 7.12. The van der Waals surface area contributed by atoms with Crippen molar-refractivity contribution in [3.8, 4) is 0 Å². The van der Waals surface area contributed by atoms with Crippen LogP contribution in [0.3, 0.4) is 0 Å². The van der Waals surface area contributed by atoms with E-state index in [9.17, 15) is 4.79 Å². The summed E-state index contributed by atoms with van der Waals surface area (Å²) in [4.78, 5) is 23.3. The molecule has 0 saturated carbocycles. The van der Waals surface area contributed by atoms with Gasteiger partial charge in [-0.1, -0.05) is 29.4 Å². The summed E-state index contributed by atoms with van der Waals surface area (Å²) in [6.07, 6.45) is 1.56. The van der Waals surface area contributed by atoms with Gasteiger partial charge in [-0.3, -0.25) is 4.79 Å². The lowest BCUT2D eigenvalue weighted by Crippen LogP contribution is -2.22. The predicted molar refractivity (Wildman–Crippen MR) is 102 cm³/mol. The van der Waals surface area contributed by atoms with Gasteiger partial charge in [0.05, 0.1) is 5.25 Å². The fourth-order valence-corrected chi connectivity index (χ4v) is 4.50. The molecule has 24 heavy (non-hydrogen) atoms. The third kappa shape index (κ3) is 3.55. The van der Waals surface area contributed by atoms with E-state index < -0.39 is 0 Å². The molecular formula is C17H16ClN3OS2. The quantitative estimate of drug-likeness (QED) is 0.508. The second-order valence-corrected chi connectivity index (χ2v) is 8.37. The first-order chi connectivity index (χ1) is 11.5. The molecule has 7 heteroatoms. The molecule has 3 rings (SSSR count). The number of anilines is 1. The van der Waals surface area contributed by atoms with Crippen LogP contribution in [0.5, 0.6) is 0 Å². The molecule has 0 aliphatic heterocycles. The van der Waals surface area contributed by atoms with Gasteiger partial charge < -0.3 is 5.32 Å². The molecule has 0 aliphatic rings. The zero-order valence-corrected chi connectivity index (χ0v) is 15.9. The number of nitrogens with zero attached hydrogens (tertiary/aromatic N) is 2. The van der Waals surface area contributed by atoms with Gasteiger partial charge in [-0.25, -0.2) is 9.97 Å². The summed E-state index contributed by atoms with van der Waals surface area (Å²) >= 11 is 9.05. The van der Waals surface area contributed by atoms with Crippen molar-refractivity contribution >= 4 is 56.5 Å². The fourth-order valence-electron chi connectivity index (χ4n) is 2.27. The van der Waals surface area contributed by atoms with E-state index in [1.165, 1.54) is 22.2 Å². The van der Waals surface area contributed by atoms with Crippen LogP contribution in [0.1, 0.15) is 17.4 Å². The molecule has 0 aliphatic carbocycles. The second-order valence-electron chi connectivity index (χ2n) is 5.40. The van der Waals surface area contributed by atoms with Crippen molar-refractivity contribution in [2.75, 3.05) is 5.32 Å². The lowest BCUT2D eigenvalue weighted by molar-refractivity contribution is -0.115. The van der Waals surface area contributed by atoms with Crippen LogP contribution in [0.2, 0.25) is 5.02 Å². The maximum Gasteiger partial charge on any atom is 0.237 e. The van der Waals surface area contributed by atoms with Crippen molar-refractivity contribution in [3.63, 3.8) is 0 Å². The normalized spacial score (nSPS) is 12.3. The lowest BCUT2D eigenvalue weighted by Gasteiger charge is -2.12. The number of fused-ring (bicyclic) bond motifs is 1. The monoisotopic (exact) mass is 377 g/mol. The van der Waals surface area contributed by atoms with Crippen LogP contribution >= 0.6 is 34.7 Å². The molecule has 0 saturated heterocycles. The first kappa shape index (κ1) is 17.2. The van der Waals surface area contributed by atoms with Gasteiger partial charge in [-0.2, -0.15) is 0 Å². The fraction of sp³-hybridized carbons (Fsp3) is 0.235. The van der Waals surface area contributed by atoms with Crippen molar-refractivity contribution in [2.24, 2.45) is 0 Å². The Balaban J connectivity index is 1.79. The molecule has 1 aromatic carbocycles. The van der Waals surface area contributed by atoms with Gasteiger partial charge in [0.25, 0.3) is 0 Å². The van der Waals surface area contributed by atoms with Crippen molar-refractivity contribution in [2.45, 2.75) is 31.0 Å². The maximum absolute atomic E-state index is 12.4. The minimum atomic E-state index is -0.290. The van der Waals surface area contributed by atoms with Crippen molar-refractivity contribution in [1.82, 2.24) is 9.97 Å². The van der Waals surface area contributed by atoms with E-state index in [0.717, 1.165) is 15.2 Å². The number of hydrogen-bond acceptors (Lipinski definition) is 5. The number of amides is 1. The smallest absolute Gasteiger partial charge is 0.237 e. The summed E-state index contributed by atoms with van der Waals surface area (Å²) < 4.78 is 0. The van der Waals surface area contributed by atoms with E-state index in [0.29, 0.717) is 10.7 Å². The molecule has 1 N–H and O–H groups in total. The third-order valence-electron chi connectivity index (χ3n) is 3.68. The first-order valence-electron chi connectivity index (χ1n) is 7.39. The van der Waals surface area contributed by atoms with Crippen LogP contribution in [-0.2, 0) is 4.79 Å². The van der Waals surface area contributed by atoms with Crippen molar-refractivity contribution in [1.29, 1.82) is 0 Å². The highest BCUT2D eigenvalue weighted by Gasteiger charge is 2.19. The largest absolute Gasteiger partial charge is 0.325 e. The second kappa shape index (κ2) is 7.09. The Kier molecular flexibility index (Phi) is 5.08. The Morgan fingerprint density at radius 2 is 2.12 bits per heavy atom. The molecule has 0 fully saturated rings. The number of aromatic nitrogens is 2. The Bertz CT molecular complexity index is 910.